The molecule has 0 atom stereocenters. The minimum absolute atomic E-state index is 1.10. The first-order valence-corrected chi connectivity index (χ1v) is 9.95. The SMILES string of the molecule is [CH]=CCCCCCCCCCCCCCCCCCCC. The molecule has 0 N–H and O–H groups in total. The van der Waals surface area contributed by atoms with Crippen LogP contribution in [-0.2, 0) is 0 Å². The highest BCUT2D eigenvalue weighted by Crippen LogP contribution is 2.14. The molecule has 0 rings (SSSR count). The van der Waals surface area contributed by atoms with Crippen molar-refractivity contribution in [3.63, 3.8) is 0 Å². The molecule has 0 bridgehead atoms. The third kappa shape index (κ3) is 19.7. The largest absolute Gasteiger partial charge is 0.0845 e. The maximum atomic E-state index is 5.37. The molecule has 0 amide bonds. The van der Waals surface area contributed by atoms with Gasteiger partial charge in [0.25, 0.3) is 0 Å². The van der Waals surface area contributed by atoms with Crippen molar-refractivity contribution < 1.29 is 0 Å². The van der Waals surface area contributed by atoms with Crippen LogP contribution in [0, 0.1) is 6.58 Å². The second-order valence-corrected chi connectivity index (χ2v) is 6.68. The number of unbranched alkanes of at least 4 members (excludes halogenated alkanes) is 17. The smallest absolute Gasteiger partial charge is 0.0348 e. The fourth-order valence-corrected chi connectivity index (χ4v) is 2.99. The molecule has 0 saturated heterocycles. The lowest BCUT2D eigenvalue weighted by Crippen LogP contribution is -1.83. The molecule has 0 unspecified atom stereocenters. The molecule has 125 valence electrons. The minimum atomic E-state index is 1.10. The van der Waals surface area contributed by atoms with E-state index in [0.29, 0.717) is 0 Å². The van der Waals surface area contributed by atoms with Gasteiger partial charge in [-0.2, -0.15) is 0 Å². The van der Waals surface area contributed by atoms with Gasteiger partial charge < -0.3 is 0 Å². The molecule has 1 radical (unpaired) electrons. The van der Waals surface area contributed by atoms with Gasteiger partial charge in [0, 0.05) is 0 Å². The summed E-state index contributed by atoms with van der Waals surface area (Å²) in [4.78, 5) is 0. The summed E-state index contributed by atoms with van der Waals surface area (Å²) >= 11 is 0. The summed E-state index contributed by atoms with van der Waals surface area (Å²) in [6.45, 7) is 7.66. The molecular formula is C21H41. The molecule has 21 heavy (non-hydrogen) atoms. The first-order chi connectivity index (χ1) is 10.4. The van der Waals surface area contributed by atoms with Gasteiger partial charge in [0.2, 0.25) is 0 Å². The summed E-state index contributed by atoms with van der Waals surface area (Å²) in [5, 5.41) is 0. The van der Waals surface area contributed by atoms with Crippen LogP contribution in [0.3, 0.4) is 0 Å². The van der Waals surface area contributed by atoms with E-state index in [0.717, 1.165) is 6.42 Å². The van der Waals surface area contributed by atoms with E-state index >= 15 is 0 Å². The van der Waals surface area contributed by atoms with Crippen LogP contribution in [0.5, 0.6) is 0 Å². The Hall–Kier alpha value is -0.260. The molecule has 0 aliphatic carbocycles. The van der Waals surface area contributed by atoms with E-state index in [9.17, 15) is 0 Å². The van der Waals surface area contributed by atoms with E-state index in [-0.39, 0.29) is 0 Å². The zero-order valence-electron chi connectivity index (χ0n) is 14.9. The van der Waals surface area contributed by atoms with E-state index in [2.05, 4.69) is 6.92 Å². The molecule has 0 saturated carbocycles. The molecule has 0 heterocycles. The molecule has 0 nitrogen and oxygen atoms in total. The number of rotatable bonds is 18. The standard InChI is InChI=1S/C21H41/c1-3-5-7-9-11-13-15-17-19-21-20-18-16-14-12-10-8-6-4-2/h1,3H,4-21H2,2H3. The van der Waals surface area contributed by atoms with Crippen LogP contribution < -0.4 is 0 Å². The fourth-order valence-electron chi connectivity index (χ4n) is 2.99. The first kappa shape index (κ1) is 20.7. The Kier molecular flexibility index (Phi) is 19.5. The monoisotopic (exact) mass is 293 g/mol. The van der Waals surface area contributed by atoms with Crippen molar-refractivity contribution in [3.8, 4) is 0 Å². The van der Waals surface area contributed by atoms with Gasteiger partial charge in [0.05, 0.1) is 0 Å². The number of allylic oxidation sites excluding steroid dienone is 1. The summed E-state index contributed by atoms with van der Waals surface area (Å²) in [5.74, 6) is 0. The van der Waals surface area contributed by atoms with Crippen LogP contribution in [0.15, 0.2) is 6.08 Å². The number of hydrogen-bond donors (Lipinski definition) is 0. The second-order valence-electron chi connectivity index (χ2n) is 6.68. The van der Waals surface area contributed by atoms with Gasteiger partial charge in [0.1, 0.15) is 0 Å². The van der Waals surface area contributed by atoms with Crippen molar-refractivity contribution in [1.29, 1.82) is 0 Å². The molecule has 0 heteroatoms. The zero-order chi connectivity index (χ0) is 15.4. The lowest BCUT2D eigenvalue weighted by atomic mass is 10.0. The van der Waals surface area contributed by atoms with Gasteiger partial charge in [-0.15, -0.1) is 0 Å². The topological polar surface area (TPSA) is 0 Å². The van der Waals surface area contributed by atoms with E-state index in [1.165, 1.54) is 109 Å². The van der Waals surface area contributed by atoms with E-state index in [1.54, 1.807) is 6.08 Å². The molecule has 0 aliphatic heterocycles. The first-order valence-electron chi connectivity index (χ1n) is 9.95. The van der Waals surface area contributed by atoms with Crippen LogP contribution >= 0.6 is 0 Å². The quantitative estimate of drug-likeness (QED) is 0.224. The summed E-state index contributed by atoms with van der Waals surface area (Å²) in [6, 6.07) is 0. The van der Waals surface area contributed by atoms with Crippen LogP contribution in [0.4, 0.5) is 0 Å². The van der Waals surface area contributed by atoms with Crippen LogP contribution in [0.2, 0.25) is 0 Å². The van der Waals surface area contributed by atoms with Gasteiger partial charge >= 0.3 is 0 Å². The van der Waals surface area contributed by atoms with Crippen LogP contribution in [-0.4, -0.2) is 0 Å². The molecule has 0 fully saturated rings. The molecule has 0 aliphatic rings. The van der Waals surface area contributed by atoms with Gasteiger partial charge in [-0.25, -0.2) is 0 Å². The average Bonchev–Trinajstić information content (AvgIpc) is 2.50. The van der Waals surface area contributed by atoms with E-state index in [1.807, 2.05) is 0 Å². The normalized spacial score (nSPS) is 10.9. The Morgan fingerprint density at radius 3 is 1.05 bits per heavy atom. The third-order valence-corrected chi connectivity index (χ3v) is 4.47. The summed E-state index contributed by atoms with van der Waals surface area (Å²) in [7, 11) is 0. The fraction of sp³-hybridized carbons (Fsp3) is 0.905. The Morgan fingerprint density at radius 1 is 0.476 bits per heavy atom. The summed E-state index contributed by atoms with van der Waals surface area (Å²) in [6.07, 6.45) is 27.3. The Balaban J connectivity index is 2.91. The third-order valence-electron chi connectivity index (χ3n) is 4.47. The van der Waals surface area contributed by atoms with Gasteiger partial charge in [-0.1, -0.05) is 122 Å². The van der Waals surface area contributed by atoms with Crippen LogP contribution in [0.25, 0.3) is 0 Å². The minimum Gasteiger partial charge on any atom is -0.0845 e. The summed E-state index contributed by atoms with van der Waals surface area (Å²) in [5.41, 5.74) is 0. The van der Waals surface area contributed by atoms with Crippen LogP contribution in [0.1, 0.15) is 122 Å². The Morgan fingerprint density at radius 2 is 0.762 bits per heavy atom. The lowest BCUT2D eigenvalue weighted by molar-refractivity contribution is 0.527. The van der Waals surface area contributed by atoms with Crippen molar-refractivity contribution in [2.24, 2.45) is 0 Å². The Bertz CT molecular complexity index is 182. The average molecular weight is 294 g/mol. The Labute approximate surface area is 135 Å². The van der Waals surface area contributed by atoms with Gasteiger partial charge in [-0.3, -0.25) is 0 Å². The van der Waals surface area contributed by atoms with Crippen molar-refractivity contribution in [3.05, 3.63) is 12.7 Å². The van der Waals surface area contributed by atoms with Gasteiger partial charge in [0.15, 0.2) is 0 Å². The molecule has 0 spiro atoms. The number of hydrogen-bond acceptors (Lipinski definition) is 0. The lowest BCUT2D eigenvalue weighted by Gasteiger charge is -2.03. The second kappa shape index (κ2) is 19.7. The van der Waals surface area contributed by atoms with Gasteiger partial charge in [-0.05, 0) is 12.8 Å². The zero-order valence-corrected chi connectivity index (χ0v) is 14.9. The summed E-state index contributed by atoms with van der Waals surface area (Å²) < 4.78 is 0. The van der Waals surface area contributed by atoms with Crippen molar-refractivity contribution in [1.82, 2.24) is 0 Å². The van der Waals surface area contributed by atoms with E-state index in [4.69, 9.17) is 6.58 Å². The maximum absolute atomic E-state index is 5.37. The molecular weight excluding hydrogens is 252 g/mol. The van der Waals surface area contributed by atoms with E-state index < -0.39 is 0 Å². The maximum Gasteiger partial charge on any atom is -0.0348 e. The predicted molar refractivity (Wildman–Crippen MR) is 97.7 cm³/mol. The molecule has 0 aromatic carbocycles. The molecule has 0 aromatic rings. The highest BCUT2D eigenvalue weighted by molar-refractivity contribution is 4.61. The highest BCUT2D eigenvalue weighted by Gasteiger charge is 1.94. The predicted octanol–water partition coefficient (Wildman–Crippen LogP) is 8.02. The van der Waals surface area contributed by atoms with Crippen molar-refractivity contribution in [2.45, 2.75) is 122 Å². The molecule has 0 aromatic heterocycles. The van der Waals surface area contributed by atoms with Crippen molar-refractivity contribution in [2.75, 3.05) is 0 Å². The van der Waals surface area contributed by atoms with Crippen molar-refractivity contribution >= 4 is 0 Å². The highest BCUT2D eigenvalue weighted by atomic mass is 14.0.